The molecular formula is C12H18N2OS. The molecule has 88 valence electrons. The third-order valence-corrected chi connectivity index (χ3v) is 4.80. The van der Waals surface area contributed by atoms with E-state index in [-0.39, 0.29) is 6.10 Å². The highest BCUT2D eigenvalue weighted by molar-refractivity contribution is 7.09. The average molecular weight is 238 g/mol. The monoisotopic (exact) mass is 238 g/mol. The average Bonchev–Trinajstić information content (AvgIpc) is 2.72. The second kappa shape index (κ2) is 4.09. The lowest BCUT2D eigenvalue weighted by molar-refractivity contribution is 0.0310. The molecule has 0 aliphatic carbocycles. The summed E-state index contributed by atoms with van der Waals surface area (Å²) in [7, 11) is 0. The van der Waals surface area contributed by atoms with Crippen LogP contribution in [0.2, 0.25) is 0 Å². The number of hydrogen-bond acceptors (Lipinski definition) is 4. The number of piperidine rings is 1. The second-order valence-electron chi connectivity index (χ2n) is 5.07. The van der Waals surface area contributed by atoms with Gasteiger partial charge in [-0.05, 0) is 32.6 Å². The van der Waals surface area contributed by atoms with Crippen LogP contribution >= 0.6 is 11.3 Å². The predicted octanol–water partition coefficient (Wildman–Crippen LogP) is 1.94. The molecule has 0 saturated carbocycles. The van der Waals surface area contributed by atoms with Crippen molar-refractivity contribution in [2.75, 3.05) is 0 Å². The first-order valence-electron chi connectivity index (χ1n) is 6.07. The molecule has 0 amide bonds. The fourth-order valence-corrected chi connectivity index (χ4v) is 3.91. The molecule has 2 saturated heterocycles. The minimum absolute atomic E-state index is 0.0632. The van der Waals surface area contributed by atoms with Gasteiger partial charge >= 0.3 is 0 Å². The molecule has 0 spiro atoms. The van der Waals surface area contributed by atoms with Crippen LogP contribution in [-0.2, 0) is 6.54 Å². The van der Waals surface area contributed by atoms with Gasteiger partial charge in [0.05, 0.1) is 12.6 Å². The molecule has 4 heteroatoms. The molecule has 1 N–H and O–H groups in total. The van der Waals surface area contributed by atoms with Gasteiger partial charge in [-0.2, -0.15) is 0 Å². The van der Waals surface area contributed by atoms with Gasteiger partial charge < -0.3 is 5.11 Å². The van der Waals surface area contributed by atoms with Gasteiger partial charge in [-0.1, -0.05) is 0 Å². The standard InChI is InChI=1S/C12H18N2OS/c1-8-7-16-12(13-8)6-14-9-2-3-10(14)5-11(15)4-9/h7,9-11,15H,2-6H2,1H3. The molecular weight excluding hydrogens is 220 g/mol. The quantitative estimate of drug-likeness (QED) is 0.855. The normalized spacial score (nSPS) is 34.5. The van der Waals surface area contributed by atoms with Crippen LogP contribution in [0.25, 0.3) is 0 Å². The van der Waals surface area contributed by atoms with Gasteiger partial charge in [-0.3, -0.25) is 4.90 Å². The Hall–Kier alpha value is -0.450. The maximum absolute atomic E-state index is 9.74. The summed E-state index contributed by atoms with van der Waals surface area (Å²) < 4.78 is 0. The summed E-state index contributed by atoms with van der Waals surface area (Å²) in [6, 6.07) is 1.19. The molecule has 2 aliphatic rings. The lowest BCUT2D eigenvalue weighted by Crippen LogP contribution is -2.44. The first-order chi connectivity index (χ1) is 7.72. The van der Waals surface area contributed by atoms with Crippen LogP contribution in [0.4, 0.5) is 0 Å². The van der Waals surface area contributed by atoms with Crippen LogP contribution in [0, 0.1) is 6.92 Å². The van der Waals surface area contributed by atoms with E-state index in [4.69, 9.17) is 0 Å². The molecule has 16 heavy (non-hydrogen) atoms. The zero-order chi connectivity index (χ0) is 11.1. The van der Waals surface area contributed by atoms with Crippen LogP contribution in [0.5, 0.6) is 0 Å². The Labute approximate surface area is 100 Å². The zero-order valence-electron chi connectivity index (χ0n) is 9.59. The molecule has 2 aliphatic heterocycles. The first-order valence-corrected chi connectivity index (χ1v) is 6.95. The number of hydrogen-bond donors (Lipinski definition) is 1. The van der Waals surface area contributed by atoms with E-state index in [0.717, 1.165) is 25.1 Å². The van der Waals surface area contributed by atoms with Gasteiger partial charge in [0, 0.05) is 23.2 Å². The number of aryl methyl sites for hydroxylation is 1. The van der Waals surface area contributed by atoms with Gasteiger partial charge in [0.25, 0.3) is 0 Å². The Kier molecular flexibility index (Phi) is 2.73. The molecule has 0 aromatic carbocycles. The summed E-state index contributed by atoms with van der Waals surface area (Å²) in [4.78, 5) is 7.10. The van der Waals surface area contributed by atoms with Crippen molar-refractivity contribution >= 4 is 11.3 Å². The third kappa shape index (κ3) is 1.90. The van der Waals surface area contributed by atoms with E-state index < -0.39 is 0 Å². The van der Waals surface area contributed by atoms with E-state index in [1.165, 1.54) is 17.8 Å². The molecule has 1 aromatic heterocycles. The summed E-state index contributed by atoms with van der Waals surface area (Å²) in [5, 5.41) is 13.1. The summed E-state index contributed by atoms with van der Waals surface area (Å²) in [6.07, 6.45) is 4.37. The van der Waals surface area contributed by atoms with Crippen molar-refractivity contribution in [2.45, 2.75) is 57.3 Å². The van der Waals surface area contributed by atoms with Gasteiger partial charge in [0.2, 0.25) is 0 Å². The van der Waals surface area contributed by atoms with Crippen LogP contribution in [-0.4, -0.2) is 33.2 Å². The highest BCUT2D eigenvalue weighted by atomic mass is 32.1. The van der Waals surface area contributed by atoms with Crippen molar-refractivity contribution < 1.29 is 5.11 Å². The molecule has 1 aromatic rings. The third-order valence-electron chi connectivity index (χ3n) is 3.84. The van der Waals surface area contributed by atoms with Crippen molar-refractivity contribution in [1.29, 1.82) is 0 Å². The van der Waals surface area contributed by atoms with Crippen molar-refractivity contribution in [1.82, 2.24) is 9.88 Å². The molecule has 2 atom stereocenters. The van der Waals surface area contributed by atoms with Crippen molar-refractivity contribution in [3.05, 3.63) is 16.1 Å². The van der Waals surface area contributed by atoms with Gasteiger partial charge in [-0.25, -0.2) is 4.98 Å². The summed E-state index contributed by atoms with van der Waals surface area (Å²) >= 11 is 1.76. The Morgan fingerprint density at radius 2 is 2.12 bits per heavy atom. The van der Waals surface area contributed by atoms with Crippen LogP contribution < -0.4 is 0 Å². The predicted molar refractivity (Wildman–Crippen MR) is 64.4 cm³/mol. The lowest BCUT2D eigenvalue weighted by Gasteiger charge is -2.36. The van der Waals surface area contributed by atoms with E-state index in [0.29, 0.717) is 12.1 Å². The number of nitrogens with zero attached hydrogens (tertiary/aromatic N) is 2. The van der Waals surface area contributed by atoms with E-state index in [1.54, 1.807) is 11.3 Å². The first kappa shape index (κ1) is 10.7. The van der Waals surface area contributed by atoms with Gasteiger partial charge in [0.15, 0.2) is 0 Å². The Morgan fingerprint density at radius 3 is 2.69 bits per heavy atom. The Balaban J connectivity index is 1.72. The largest absolute Gasteiger partial charge is 0.393 e. The SMILES string of the molecule is Cc1csc(CN2C3CCC2CC(O)C3)n1. The van der Waals surface area contributed by atoms with Crippen LogP contribution in [0.15, 0.2) is 5.38 Å². The molecule has 3 nitrogen and oxygen atoms in total. The van der Waals surface area contributed by atoms with Crippen molar-refractivity contribution in [2.24, 2.45) is 0 Å². The van der Waals surface area contributed by atoms with Crippen molar-refractivity contribution in [3.63, 3.8) is 0 Å². The highest BCUT2D eigenvalue weighted by Crippen LogP contribution is 2.36. The number of fused-ring (bicyclic) bond motifs is 2. The topological polar surface area (TPSA) is 36.4 Å². The smallest absolute Gasteiger partial charge is 0.107 e. The van der Waals surface area contributed by atoms with E-state index in [2.05, 4.69) is 22.2 Å². The molecule has 2 fully saturated rings. The van der Waals surface area contributed by atoms with Crippen LogP contribution in [0.3, 0.4) is 0 Å². The Morgan fingerprint density at radius 1 is 1.44 bits per heavy atom. The zero-order valence-corrected chi connectivity index (χ0v) is 10.4. The van der Waals surface area contributed by atoms with Crippen LogP contribution in [0.1, 0.15) is 36.4 Å². The van der Waals surface area contributed by atoms with Crippen molar-refractivity contribution in [3.8, 4) is 0 Å². The molecule has 3 heterocycles. The number of aliphatic hydroxyl groups excluding tert-OH is 1. The van der Waals surface area contributed by atoms with Gasteiger partial charge in [0.1, 0.15) is 5.01 Å². The number of thiazole rings is 1. The summed E-state index contributed by atoms with van der Waals surface area (Å²) in [5.41, 5.74) is 1.13. The van der Waals surface area contributed by atoms with E-state index in [9.17, 15) is 5.11 Å². The summed E-state index contributed by atoms with van der Waals surface area (Å²) in [5.74, 6) is 0. The maximum atomic E-state index is 9.74. The molecule has 2 bridgehead atoms. The molecule has 2 unspecified atom stereocenters. The maximum Gasteiger partial charge on any atom is 0.107 e. The molecule has 0 radical (unpaired) electrons. The minimum Gasteiger partial charge on any atom is -0.393 e. The lowest BCUT2D eigenvalue weighted by atomic mass is 10.0. The molecule has 3 rings (SSSR count). The second-order valence-corrected chi connectivity index (χ2v) is 6.01. The van der Waals surface area contributed by atoms with Gasteiger partial charge in [-0.15, -0.1) is 11.3 Å². The Bertz CT molecular complexity index is 365. The number of aliphatic hydroxyl groups is 1. The fourth-order valence-electron chi connectivity index (χ4n) is 3.14. The van der Waals surface area contributed by atoms with E-state index >= 15 is 0 Å². The fraction of sp³-hybridized carbons (Fsp3) is 0.750. The summed E-state index contributed by atoms with van der Waals surface area (Å²) in [6.45, 7) is 3.04. The minimum atomic E-state index is -0.0632. The number of rotatable bonds is 2. The highest BCUT2D eigenvalue weighted by Gasteiger charge is 2.40. The van der Waals surface area contributed by atoms with E-state index in [1.807, 2.05) is 0 Å². The number of aromatic nitrogens is 1.